The van der Waals surface area contributed by atoms with Crippen LogP contribution >= 0.6 is 11.6 Å². The van der Waals surface area contributed by atoms with E-state index >= 15 is 0 Å². The molecule has 0 radical (unpaired) electrons. The molecule has 0 aliphatic carbocycles. The molecule has 2 heteroatoms. The quantitative estimate of drug-likeness (QED) is 0.857. The molecule has 0 saturated carbocycles. The van der Waals surface area contributed by atoms with Crippen LogP contribution in [0, 0.1) is 0 Å². The van der Waals surface area contributed by atoms with Crippen molar-refractivity contribution in [2.75, 3.05) is 0 Å². The molecule has 0 fully saturated rings. The summed E-state index contributed by atoms with van der Waals surface area (Å²) in [6, 6.07) is 14.6. The SMILES string of the molecule is CCc1ccc(-c2ccc(C(C)N)c(Cl)c2)cc1. The smallest absolute Gasteiger partial charge is 0.0459 e. The van der Waals surface area contributed by atoms with Gasteiger partial charge in [0.05, 0.1) is 0 Å². The van der Waals surface area contributed by atoms with Crippen molar-refractivity contribution >= 4 is 11.6 Å². The lowest BCUT2D eigenvalue weighted by Crippen LogP contribution is -2.05. The van der Waals surface area contributed by atoms with E-state index in [0.29, 0.717) is 0 Å². The van der Waals surface area contributed by atoms with Crippen LogP contribution in [0.2, 0.25) is 5.02 Å². The highest BCUT2D eigenvalue weighted by molar-refractivity contribution is 6.31. The maximum Gasteiger partial charge on any atom is 0.0459 e. The highest BCUT2D eigenvalue weighted by Gasteiger charge is 2.07. The number of rotatable bonds is 3. The van der Waals surface area contributed by atoms with Crippen LogP contribution in [-0.4, -0.2) is 0 Å². The number of halogens is 1. The lowest BCUT2D eigenvalue weighted by molar-refractivity contribution is 0.819. The van der Waals surface area contributed by atoms with Gasteiger partial charge in [-0.1, -0.05) is 54.9 Å². The lowest BCUT2D eigenvalue weighted by Gasteiger charge is -2.10. The van der Waals surface area contributed by atoms with Gasteiger partial charge in [0.1, 0.15) is 0 Å². The molecule has 0 aromatic heterocycles. The Kier molecular flexibility index (Phi) is 4.05. The molecule has 0 amide bonds. The lowest BCUT2D eigenvalue weighted by atomic mass is 10.00. The second-order valence-electron chi connectivity index (χ2n) is 4.58. The maximum absolute atomic E-state index is 6.25. The Morgan fingerprint density at radius 2 is 1.67 bits per heavy atom. The maximum atomic E-state index is 6.25. The molecule has 1 atom stereocenters. The van der Waals surface area contributed by atoms with Crippen molar-refractivity contribution < 1.29 is 0 Å². The highest BCUT2D eigenvalue weighted by atomic mass is 35.5. The number of nitrogens with two attached hydrogens (primary N) is 1. The van der Waals surface area contributed by atoms with E-state index in [0.717, 1.165) is 22.6 Å². The zero-order valence-corrected chi connectivity index (χ0v) is 11.5. The summed E-state index contributed by atoms with van der Waals surface area (Å²) in [5, 5.41) is 0.738. The molecule has 2 aromatic carbocycles. The molecular weight excluding hydrogens is 242 g/mol. The van der Waals surface area contributed by atoms with Gasteiger partial charge in [0.2, 0.25) is 0 Å². The summed E-state index contributed by atoms with van der Waals surface area (Å²) in [5.41, 5.74) is 10.5. The second-order valence-corrected chi connectivity index (χ2v) is 4.98. The van der Waals surface area contributed by atoms with Gasteiger partial charge in [0, 0.05) is 11.1 Å². The van der Waals surface area contributed by atoms with Crippen LogP contribution in [-0.2, 0) is 6.42 Å². The van der Waals surface area contributed by atoms with Crippen molar-refractivity contribution in [3.8, 4) is 11.1 Å². The zero-order chi connectivity index (χ0) is 13.1. The molecule has 1 unspecified atom stereocenters. The fraction of sp³-hybridized carbons (Fsp3) is 0.250. The Hall–Kier alpha value is -1.31. The molecule has 0 bridgehead atoms. The third kappa shape index (κ3) is 2.74. The van der Waals surface area contributed by atoms with E-state index in [-0.39, 0.29) is 6.04 Å². The average molecular weight is 260 g/mol. The van der Waals surface area contributed by atoms with Gasteiger partial charge in [-0.2, -0.15) is 0 Å². The first-order valence-electron chi connectivity index (χ1n) is 6.26. The first-order valence-corrected chi connectivity index (χ1v) is 6.64. The van der Waals surface area contributed by atoms with E-state index in [2.05, 4.69) is 37.3 Å². The summed E-state index contributed by atoms with van der Waals surface area (Å²) in [5.74, 6) is 0. The van der Waals surface area contributed by atoms with Gasteiger partial charge in [-0.15, -0.1) is 0 Å². The molecule has 2 rings (SSSR count). The van der Waals surface area contributed by atoms with E-state index in [9.17, 15) is 0 Å². The van der Waals surface area contributed by atoms with Crippen LogP contribution in [0.5, 0.6) is 0 Å². The zero-order valence-electron chi connectivity index (χ0n) is 10.8. The summed E-state index contributed by atoms with van der Waals surface area (Å²) in [6.07, 6.45) is 1.06. The highest BCUT2D eigenvalue weighted by Crippen LogP contribution is 2.28. The van der Waals surface area contributed by atoms with Gasteiger partial charge >= 0.3 is 0 Å². The first kappa shape index (κ1) is 13.1. The summed E-state index contributed by atoms with van der Waals surface area (Å²) in [6.45, 7) is 4.10. The predicted molar refractivity (Wildman–Crippen MR) is 78.9 cm³/mol. The monoisotopic (exact) mass is 259 g/mol. The number of benzene rings is 2. The Labute approximate surface area is 114 Å². The summed E-state index contributed by atoms with van der Waals surface area (Å²) >= 11 is 6.25. The molecule has 0 heterocycles. The number of hydrogen-bond donors (Lipinski definition) is 1. The minimum Gasteiger partial charge on any atom is -0.324 e. The van der Waals surface area contributed by atoms with E-state index in [1.54, 1.807) is 0 Å². The third-order valence-electron chi connectivity index (χ3n) is 3.19. The molecule has 0 saturated heterocycles. The minimum atomic E-state index is -0.0333. The van der Waals surface area contributed by atoms with E-state index in [1.807, 2.05) is 19.1 Å². The van der Waals surface area contributed by atoms with Crippen molar-refractivity contribution in [1.82, 2.24) is 0 Å². The predicted octanol–water partition coefficient (Wildman–Crippen LogP) is 4.59. The molecule has 94 valence electrons. The van der Waals surface area contributed by atoms with Gasteiger partial charge < -0.3 is 5.73 Å². The van der Waals surface area contributed by atoms with Crippen LogP contribution in [0.3, 0.4) is 0 Å². The third-order valence-corrected chi connectivity index (χ3v) is 3.51. The topological polar surface area (TPSA) is 26.0 Å². The normalized spacial score (nSPS) is 12.4. The van der Waals surface area contributed by atoms with Crippen molar-refractivity contribution in [3.05, 3.63) is 58.6 Å². The minimum absolute atomic E-state index is 0.0333. The van der Waals surface area contributed by atoms with Crippen LogP contribution in [0.25, 0.3) is 11.1 Å². The van der Waals surface area contributed by atoms with Crippen LogP contribution in [0.1, 0.15) is 31.0 Å². The molecule has 1 nitrogen and oxygen atoms in total. The van der Waals surface area contributed by atoms with Crippen LogP contribution in [0.15, 0.2) is 42.5 Å². The van der Waals surface area contributed by atoms with Crippen molar-refractivity contribution in [3.63, 3.8) is 0 Å². The van der Waals surface area contributed by atoms with E-state index < -0.39 is 0 Å². The fourth-order valence-electron chi connectivity index (χ4n) is 2.01. The second kappa shape index (κ2) is 5.55. The molecule has 2 N–H and O–H groups in total. The summed E-state index contributed by atoms with van der Waals surface area (Å²) < 4.78 is 0. The molecule has 0 spiro atoms. The molecule has 0 aliphatic rings. The van der Waals surface area contributed by atoms with Gasteiger partial charge in [0.15, 0.2) is 0 Å². The molecule has 0 aliphatic heterocycles. The number of aryl methyl sites for hydroxylation is 1. The Balaban J connectivity index is 2.36. The summed E-state index contributed by atoms with van der Waals surface area (Å²) in [4.78, 5) is 0. The first-order chi connectivity index (χ1) is 8.61. The van der Waals surface area contributed by atoms with Crippen LogP contribution in [0.4, 0.5) is 0 Å². The number of hydrogen-bond acceptors (Lipinski definition) is 1. The Bertz CT molecular complexity index is 529. The van der Waals surface area contributed by atoms with E-state index in [1.165, 1.54) is 11.1 Å². The Morgan fingerprint density at radius 1 is 1.06 bits per heavy atom. The van der Waals surface area contributed by atoms with Gasteiger partial charge in [0.25, 0.3) is 0 Å². The molecule has 2 aromatic rings. The van der Waals surface area contributed by atoms with E-state index in [4.69, 9.17) is 17.3 Å². The fourth-order valence-corrected chi connectivity index (χ4v) is 2.36. The van der Waals surface area contributed by atoms with Gasteiger partial charge in [-0.05, 0) is 41.7 Å². The molecule has 18 heavy (non-hydrogen) atoms. The van der Waals surface area contributed by atoms with Gasteiger partial charge in [-0.3, -0.25) is 0 Å². The average Bonchev–Trinajstić information content (AvgIpc) is 2.38. The Morgan fingerprint density at radius 3 is 2.17 bits per heavy atom. The van der Waals surface area contributed by atoms with Crippen molar-refractivity contribution in [1.29, 1.82) is 0 Å². The van der Waals surface area contributed by atoms with Gasteiger partial charge in [-0.25, -0.2) is 0 Å². The summed E-state index contributed by atoms with van der Waals surface area (Å²) in [7, 11) is 0. The standard InChI is InChI=1S/C16H18ClN/c1-3-12-4-6-13(7-5-12)14-8-9-15(11(2)18)16(17)10-14/h4-11H,3,18H2,1-2H3. The molecular formula is C16H18ClN. The van der Waals surface area contributed by atoms with Crippen molar-refractivity contribution in [2.24, 2.45) is 5.73 Å². The van der Waals surface area contributed by atoms with Crippen LogP contribution < -0.4 is 5.73 Å². The largest absolute Gasteiger partial charge is 0.324 e. The van der Waals surface area contributed by atoms with Crippen molar-refractivity contribution in [2.45, 2.75) is 26.3 Å².